The lowest BCUT2D eigenvalue weighted by Gasteiger charge is -2.17. The molecule has 19 heavy (non-hydrogen) atoms. The highest BCUT2D eigenvalue weighted by Crippen LogP contribution is 2.30. The van der Waals surface area contributed by atoms with Crippen LogP contribution < -0.4 is 0 Å². The highest BCUT2D eigenvalue weighted by Gasteiger charge is 2.26. The maximum absolute atomic E-state index is 9.39. The van der Waals surface area contributed by atoms with Crippen molar-refractivity contribution in [3.8, 4) is 0 Å². The average molecular weight is 266 g/mol. The zero-order valence-corrected chi connectivity index (χ0v) is 11.3. The molecule has 0 spiro atoms. The topological polar surface area (TPSA) is 63.4 Å². The second-order valence-corrected chi connectivity index (χ2v) is 5.35. The van der Waals surface area contributed by atoms with Crippen molar-refractivity contribution in [2.24, 2.45) is 0 Å². The normalized spacial score (nSPS) is 24.4. The fourth-order valence-electron chi connectivity index (χ4n) is 3.02. The first-order valence-corrected chi connectivity index (χ1v) is 7.25. The van der Waals surface area contributed by atoms with Crippen LogP contribution in [0.15, 0.2) is 0 Å². The minimum absolute atomic E-state index is 0.0566. The third kappa shape index (κ3) is 2.80. The third-order valence-electron chi connectivity index (χ3n) is 4.06. The molecule has 2 aliphatic heterocycles. The summed E-state index contributed by atoms with van der Waals surface area (Å²) in [6.45, 7) is 4.97. The summed E-state index contributed by atoms with van der Waals surface area (Å²) >= 11 is 0. The van der Waals surface area contributed by atoms with E-state index in [1.54, 1.807) is 0 Å². The van der Waals surface area contributed by atoms with Gasteiger partial charge in [0.05, 0.1) is 18.8 Å². The van der Waals surface area contributed by atoms with Gasteiger partial charge in [-0.1, -0.05) is 5.21 Å². The van der Waals surface area contributed by atoms with Crippen LogP contribution in [0.25, 0.3) is 0 Å². The summed E-state index contributed by atoms with van der Waals surface area (Å²) in [5, 5.41) is 17.7. The zero-order valence-electron chi connectivity index (χ0n) is 11.3. The van der Waals surface area contributed by atoms with Gasteiger partial charge in [0.25, 0.3) is 0 Å². The first-order chi connectivity index (χ1) is 9.38. The molecule has 106 valence electrons. The van der Waals surface area contributed by atoms with Crippen LogP contribution in [-0.4, -0.2) is 51.2 Å². The summed E-state index contributed by atoms with van der Waals surface area (Å²) < 4.78 is 7.66. The number of ether oxygens (including phenoxy) is 1. The highest BCUT2D eigenvalue weighted by molar-refractivity contribution is 5.13. The molecular weight excluding hydrogens is 244 g/mol. The van der Waals surface area contributed by atoms with Gasteiger partial charge in [0.2, 0.25) is 0 Å². The molecule has 2 fully saturated rings. The van der Waals surface area contributed by atoms with Gasteiger partial charge < -0.3 is 14.7 Å². The molecule has 0 bridgehead atoms. The number of hydrogen-bond acceptors (Lipinski definition) is 5. The molecule has 1 N–H and O–H groups in total. The lowest BCUT2D eigenvalue weighted by molar-refractivity contribution is 0.101. The van der Waals surface area contributed by atoms with Crippen LogP contribution in [0.3, 0.4) is 0 Å². The second kappa shape index (κ2) is 5.98. The van der Waals surface area contributed by atoms with Gasteiger partial charge in [0, 0.05) is 13.2 Å². The van der Waals surface area contributed by atoms with E-state index in [1.165, 1.54) is 25.9 Å². The maximum Gasteiger partial charge on any atom is 0.114 e. The number of likely N-dealkylation sites (tertiary alicyclic amines) is 1. The first kappa shape index (κ1) is 13.0. The predicted molar refractivity (Wildman–Crippen MR) is 69.5 cm³/mol. The van der Waals surface area contributed by atoms with Crippen molar-refractivity contribution in [3.05, 3.63) is 11.4 Å². The van der Waals surface area contributed by atoms with Crippen molar-refractivity contribution >= 4 is 0 Å². The average Bonchev–Trinajstić information content (AvgIpc) is 3.16. The van der Waals surface area contributed by atoms with Gasteiger partial charge in [-0.25, -0.2) is 4.68 Å². The summed E-state index contributed by atoms with van der Waals surface area (Å²) in [5.74, 6) is 0. The molecule has 0 amide bonds. The molecule has 6 nitrogen and oxygen atoms in total. The standard InChI is InChI=1S/C13H22N4O2/c18-10-11-13(12-4-3-9-19-12)17(15-14-11)8-7-16-5-1-2-6-16/h12,18H,1-10H2. The van der Waals surface area contributed by atoms with E-state index in [-0.39, 0.29) is 12.7 Å². The van der Waals surface area contributed by atoms with E-state index >= 15 is 0 Å². The van der Waals surface area contributed by atoms with Crippen LogP contribution in [0.2, 0.25) is 0 Å². The Labute approximate surface area is 113 Å². The van der Waals surface area contributed by atoms with E-state index in [9.17, 15) is 5.11 Å². The van der Waals surface area contributed by atoms with E-state index in [2.05, 4.69) is 15.2 Å². The molecule has 1 unspecified atom stereocenters. The molecule has 3 rings (SSSR count). The largest absolute Gasteiger partial charge is 0.390 e. The van der Waals surface area contributed by atoms with Gasteiger partial charge in [-0.3, -0.25) is 0 Å². The summed E-state index contributed by atoms with van der Waals surface area (Å²) in [4.78, 5) is 2.46. The molecule has 1 atom stereocenters. The van der Waals surface area contributed by atoms with Crippen LogP contribution in [0.1, 0.15) is 43.2 Å². The Morgan fingerprint density at radius 3 is 2.74 bits per heavy atom. The number of hydrogen-bond donors (Lipinski definition) is 1. The Balaban J connectivity index is 1.70. The molecule has 0 radical (unpaired) electrons. The summed E-state index contributed by atoms with van der Waals surface area (Å²) in [7, 11) is 0. The number of nitrogens with zero attached hydrogens (tertiary/aromatic N) is 4. The Hall–Kier alpha value is -0.980. The Bertz CT molecular complexity index is 409. The monoisotopic (exact) mass is 266 g/mol. The second-order valence-electron chi connectivity index (χ2n) is 5.35. The fourth-order valence-corrected chi connectivity index (χ4v) is 3.02. The van der Waals surface area contributed by atoms with Crippen LogP contribution in [-0.2, 0) is 17.9 Å². The quantitative estimate of drug-likeness (QED) is 0.850. The van der Waals surface area contributed by atoms with E-state index in [1.807, 2.05) is 4.68 Å². The van der Waals surface area contributed by atoms with Crippen molar-refractivity contribution in [1.29, 1.82) is 0 Å². The number of aliphatic hydroxyl groups is 1. The van der Waals surface area contributed by atoms with Crippen molar-refractivity contribution in [3.63, 3.8) is 0 Å². The Morgan fingerprint density at radius 1 is 1.21 bits per heavy atom. The molecule has 2 aliphatic rings. The molecule has 1 aromatic rings. The number of rotatable bonds is 5. The fraction of sp³-hybridized carbons (Fsp3) is 0.846. The molecule has 0 aliphatic carbocycles. The molecular formula is C13H22N4O2. The first-order valence-electron chi connectivity index (χ1n) is 7.25. The van der Waals surface area contributed by atoms with Gasteiger partial charge in [-0.05, 0) is 38.8 Å². The van der Waals surface area contributed by atoms with Crippen molar-refractivity contribution in [1.82, 2.24) is 19.9 Å². The number of aromatic nitrogens is 3. The molecule has 3 heterocycles. The summed E-state index contributed by atoms with van der Waals surface area (Å²) in [6.07, 6.45) is 4.75. The van der Waals surface area contributed by atoms with Crippen LogP contribution >= 0.6 is 0 Å². The highest BCUT2D eigenvalue weighted by atomic mass is 16.5. The molecule has 0 aromatic carbocycles. The Morgan fingerprint density at radius 2 is 2.05 bits per heavy atom. The Kier molecular flexibility index (Phi) is 4.10. The van der Waals surface area contributed by atoms with Gasteiger partial charge in [-0.2, -0.15) is 0 Å². The van der Waals surface area contributed by atoms with E-state index in [0.29, 0.717) is 5.69 Å². The molecule has 0 saturated carbocycles. The summed E-state index contributed by atoms with van der Waals surface area (Å²) in [5.41, 5.74) is 1.66. The molecule has 1 aromatic heterocycles. The molecule has 6 heteroatoms. The van der Waals surface area contributed by atoms with Crippen molar-refractivity contribution < 1.29 is 9.84 Å². The zero-order chi connectivity index (χ0) is 13.1. The predicted octanol–water partition coefficient (Wildman–Crippen LogP) is 0.718. The van der Waals surface area contributed by atoms with E-state index < -0.39 is 0 Å². The van der Waals surface area contributed by atoms with E-state index in [0.717, 1.165) is 38.2 Å². The van der Waals surface area contributed by atoms with Crippen LogP contribution in [0, 0.1) is 0 Å². The lowest BCUT2D eigenvalue weighted by Crippen LogP contribution is -2.25. The van der Waals surface area contributed by atoms with Gasteiger partial charge in [0.1, 0.15) is 11.8 Å². The SMILES string of the molecule is OCc1nnn(CCN2CCCC2)c1C1CCCO1. The number of aliphatic hydroxyl groups excluding tert-OH is 1. The van der Waals surface area contributed by atoms with Gasteiger partial charge in [0.15, 0.2) is 0 Å². The minimum Gasteiger partial charge on any atom is -0.390 e. The summed E-state index contributed by atoms with van der Waals surface area (Å²) in [6, 6.07) is 0. The molecule has 2 saturated heterocycles. The van der Waals surface area contributed by atoms with Gasteiger partial charge in [-0.15, -0.1) is 5.10 Å². The lowest BCUT2D eigenvalue weighted by atomic mass is 10.1. The van der Waals surface area contributed by atoms with Crippen LogP contribution in [0.4, 0.5) is 0 Å². The smallest absolute Gasteiger partial charge is 0.114 e. The maximum atomic E-state index is 9.39. The van der Waals surface area contributed by atoms with Crippen LogP contribution in [0.5, 0.6) is 0 Å². The van der Waals surface area contributed by atoms with Crippen molar-refractivity contribution in [2.75, 3.05) is 26.2 Å². The third-order valence-corrected chi connectivity index (χ3v) is 4.06. The minimum atomic E-state index is -0.0566. The van der Waals surface area contributed by atoms with Crippen molar-refractivity contribution in [2.45, 2.75) is 44.9 Å². The van der Waals surface area contributed by atoms with E-state index in [4.69, 9.17) is 4.74 Å². The van der Waals surface area contributed by atoms with Gasteiger partial charge >= 0.3 is 0 Å².